The predicted octanol–water partition coefficient (Wildman–Crippen LogP) is 6.73. The van der Waals surface area contributed by atoms with E-state index in [4.69, 9.17) is 11.6 Å². The number of ketones is 1. The Morgan fingerprint density at radius 3 is 2.64 bits per heavy atom. The zero-order chi connectivity index (χ0) is 23.9. The van der Waals surface area contributed by atoms with E-state index in [1.807, 2.05) is 24.3 Å². The number of nitrogens with one attached hydrogen (secondary N) is 2. The van der Waals surface area contributed by atoms with Gasteiger partial charge in [-0.3, -0.25) is 9.59 Å². The van der Waals surface area contributed by atoms with Crippen LogP contribution in [0.5, 0.6) is 0 Å². The minimum absolute atomic E-state index is 0.0222. The molecule has 4 rings (SSSR count). The lowest BCUT2D eigenvalue weighted by molar-refractivity contribution is -0.137. The van der Waals surface area contributed by atoms with Gasteiger partial charge in [0.25, 0.3) is 5.91 Å². The summed E-state index contributed by atoms with van der Waals surface area (Å²) in [4.78, 5) is 26.4. The first-order valence-electron chi connectivity index (χ1n) is 10.2. The second-order valence-corrected chi connectivity index (χ2v) is 9.29. The van der Waals surface area contributed by atoms with Gasteiger partial charge in [0.1, 0.15) is 0 Å². The van der Waals surface area contributed by atoms with Gasteiger partial charge in [0, 0.05) is 39.4 Å². The van der Waals surface area contributed by atoms with E-state index < -0.39 is 23.6 Å². The van der Waals surface area contributed by atoms with Crippen LogP contribution in [-0.4, -0.2) is 11.7 Å². The largest absolute Gasteiger partial charge is 0.416 e. The molecule has 0 fully saturated rings. The molecule has 172 valence electrons. The molecule has 0 unspecified atom stereocenters. The molecule has 0 saturated carbocycles. The zero-order valence-electron chi connectivity index (χ0n) is 17.4. The highest BCUT2D eigenvalue weighted by molar-refractivity contribution is 9.10. The van der Waals surface area contributed by atoms with Crippen LogP contribution in [0.4, 0.5) is 18.9 Å². The summed E-state index contributed by atoms with van der Waals surface area (Å²) in [7, 11) is 0. The highest BCUT2D eigenvalue weighted by Gasteiger charge is 2.39. The van der Waals surface area contributed by atoms with E-state index in [1.165, 1.54) is 0 Å². The van der Waals surface area contributed by atoms with Crippen LogP contribution in [0, 0.1) is 0 Å². The Morgan fingerprint density at radius 1 is 1.18 bits per heavy atom. The smallest absolute Gasteiger partial charge is 0.362 e. The first-order chi connectivity index (χ1) is 15.6. The predicted molar refractivity (Wildman–Crippen MR) is 124 cm³/mol. The number of halogens is 5. The fourth-order valence-electron chi connectivity index (χ4n) is 4.29. The van der Waals surface area contributed by atoms with Crippen LogP contribution in [0.1, 0.15) is 43.2 Å². The van der Waals surface area contributed by atoms with Crippen molar-refractivity contribution in [1.29, 1.82) is 0 Å². The van der Waals surface area contributed by atoms with Crippen LogP contribution < -0.4 is 10.6 Å². The van der Waals surface area contributed by atoms with Crippen molar-refractivity contribution in [1.82, 2.24) is 5.32 Å². The molecule has 0 saturated heterocycles. The number of amides is 1. The fraction of sp³-hybridized carbons (Fsp3) is 0.250. The molecule has 0 spiro atoms. The van der Waals surface area contributed by atoms with Crippen molar-refractivity contribution in [2.45, 2.75) is 38.3 Å². The van der Waals surface area contributed by atoms with Crippen molar-refractivity contribution in [2.75, 3.05) is 5.32 Å². The van der Waals surface area contributed by atoms with Gasteiger partial charge in [0.15, 0.2) is 5.78 Å². The van der Waals surface area contributed by atoms with Gasteiger partial charge < -0.3 is 10.6 Å². The normalized spacial score (nSPS) is 18.7. The van der Waals surface area contributed by atoms with E-state index in [-0.39, 0.29) is 22.1 Å². The summed E-state index contributed by atoms with van der Waals surface area (Å²) < 4.78 is 40.3. The first-order valence-corrected chi connectivity index (χ1v) is 11.4. The molecule has 2 N–H and O–H groups in total. The zero-order valence-corrected chi connectivity index (χ0v) is 19.8. The Hall–Kier alpha value is -2.58. The molecule has 0 radical (unpaired) electrons. The number of Topliss-reactive ketones (excluding diaryl/α,β-unsaturated/α-hetero) is 1. The van der Waals surface area contributed by atoms with Gasteiger partial charge in [-0.05, 0) is 55.7 Å². The Morgan fingerprint density at radius 2 is 1.94 bits per heavy atom. The highest BCUT2D eigenvalue weighted by atomic mass is 79.9. The van der Waals surface area contributed by atoms with Crippen LogP contribution in [0.3, 0.4) is 0 Å². The number of rotatable bonds is 3. The topological polar surface area (TPSA) is 58.2 Å². The lowest BCUT2D eigenvalue weighted by Gasteiger charge is -2.34. The van der Waals surface area contributed by atoms with Gasteiger partial charge in [-0.2, -0.15) is 13.2 Å². The maximum absolute atomic E-state index is 13.4. The number of carbonyl (C=O) groups is 2. The minimum atomic E-state index is -4.58. The summed E-state index contributed by atoms with van der Waals surface area (Å²) >= 11 is 9.53. The van der Waals surface area contributed by atoms with Gasteiger partial charge in [-0.25, -0.2) is 0 Å². The summed E-state index contributed by atoms with van der Waals surface area (Å²) in [6.45, 7) is 1.72. The Balaban J connectivity index is 1.78. The molecule has 9 heteroatoms. The van der Waals surface area contributed by atoms with Gasteiger partial charge in [0.2, 0.25) is 0 Å². The fourth-order valence-corrected chi connectivity index (χ4v) is 4.87. The van der Waals surface area contributed by atoms with E-state index in [2.05, 4.69) is 26.6 Å². The first kappa shape index (κ1) is 23.6. The Kier molecular flexibility index (Phi) is 6.42. The monoisotopic (exact) mass is 538 g/mol. The molecule has 4 nitrogen and oxygen atoms in total. The van der Waals surface area contributed by atoms with Crippen LogP contribution in [0.2, 0.25) is 5.02 Å². The minimum Gasteiger partial charge on any atom is -0.362 e. The van der Waals surface area contributed by atoms with Crippen molar-refractivity contribution in [3.63, 3.8) is 0 Å². The van der Waals surface area contributed by atoms with E-state index >= 15 is 0 Å². The van der Waals surface area contributed by atoms with Gasteiger partial charge in [-0.1, -0.05) is 39.7 Å². The number of benzene rings is 2. The average Bonchev–Trinajstić information content (AvgIpc) is 2.73. The molecular weight excluding hydrogens is 521 g/mol. The number of anilines is 1. The quantitative estimate of drug-likeness (QED) is 0.455. The molecule has 0 bridgehead atoms. The van der Waals surface area contributed by atoms with Crippen LogP contribution >= 0.6 is 27.5 Å². The second kappa shape index (κ2) is 8.99. The Bertz CT molecular complexity index is 1220. The van der Waals surface area contributed by atoms with Crippen molar-refractivity contribution in [3.05, 3.63) is 85.6 Å². The van der Waals surface area contributed by atoms with Crippen molar-refractivity contribution < 1.29 is 22.8 Å². The second-order valence-electron chi connectivity index (χ2n) is 7.97. The molecule has 2 aliphatic rings. The van der Waals surface area contributed by atoms with Gasteiger partial charge in [-0.15, -0.1) is 0 Å². The lowest BCUT2D eigenvalue weighted by atomic mass is 9.75. The van der Waals surface area contributed by atoms with E-state index in [1.54, 1.807) is 6.92 Å². The van der Waals surface area contributed by atoms with Crippen molar-refractivity contribution >= 4 is 44.9 Å². The van der Waals surface area contributed by atoms with Crippen molar-refractivity contribution in [2.24, 2.45) is 0 Å². The van der Waals surface area contributed by atoms with E-state index in [9.17, 15) is 22.8 Å². The summed E-state index contributed by atoms with van der Waals surface area (Å²) in [6.07, 6.45) is -2.82. The molecule has 1 heterocycles. The number of allylic oxidation sites excluding steroid dienone is 3. The molecular formula is C24H19BrClF3N2O2. The number of hydrogen-bond acceptors (Lipinski definition) is 3. The molecule has 1 aliphatic carbocycles. The summed E-state index contributed by atoms with van der Waals surface area (Å²) in [5.74, 6) is -1.34. The van der Waals surface area contributed by atoms with E-state index in [0.717, 1.165) is 33.9 Å². The number of carbonyl (C=O) groups excluding carboxylic acids is 2. The van der Waals surface area contributed by atoms with Crippen LogP contribution in [0.25, 0.3) is 0 Å². The van der Waals surface area contributed by atoms with Gasteiger partial charge in [0.05, 0.1) is 16.3 Å². The van der Waals surface area contributed by atoms with E-state index in [0.29, 0.717) is 30.5 Å². The summed E-state index contributed by atoms with van der Waals surface area (Å²) in [5.41, 5.74) is 1.75. The third kappa shape index (κ3) is 4.73. The SMILES string of the molecule is CC1=C(C(=O)Nc2cc(C(F)(F)F)ccc2Cl)[C@H](c2cccc(Br)c2)C2=C(CCCC2=O)N1. The van der Waals surface area contributed by atoms with Gasteiger partial charge >= 0.3 is 6.18 Å². The molecule has 1 aliphatic heterocycles. The molecule has 1 amide bonds. The Labute approximate surface area is 202 Å². The molecule has 1 atom stereocenters. The highest BCUT2D eigenvalue weighted by Crippen LogP contribution is 2.43. The number of alkyl halides is 3. The average molecular weight is 540 g/mol. The molecule has 0 aromatic heterocycles. The number of dihydropyridines is 1. The molecule has 2 aromatic rings. The van der Waals surface area contributed by atoms with Crippen molar-refractivity contribution in [3.8, 4) is 0 Å². The lowest BCUT2D eigenvalue weighted by Crippen LogP contribution is -2.35. The maximum Gasteiger partial charge on any atom is 0.416 e. The third-order valence-electron chi connectivity index (χ3n) is 5.74. The molecule has 2 aromatic carbocycles. The summed E-state index contributed by atoms with van der Waals surface area (Å²) in [5, 5.41) is 5.69. The maximum atomic E-state index is 13.4. The third-order valence-corrected chi connectivity index (χ3v) is 6.57. The molecule has 33 heavy (non-hydrogen) atoms. The van der Waals surface area contributed by atoms with Crippen LogP contribution in [0.15, 0.2) is 69.5 Å². The standard InChI is InChI=1S/C24H19BrClF3N2O2/c1-12-20(23(33)31-18-11-14(24(27,28)29)8-9-16(18)26)21(13-4-2-5-15(25)10-13)22-17(30-12)6-3-7-19(22)32/h2,4-5,8-11,21,30H,3,6-7H2,1H3,(H,31,33)/t21-/m0/s1. The number of hydrogen-bond donors (Lipinski definition) is 2. The van der Waals surface area contributed by atoms with Crippen LogP contribution in [-0.2, 0) is 15.8 Å². The summed E-state index contributed by atoms with van der Waals surface area (Å²) in [6, 6.07) is 10.1.